The van der Waals surface area contributed by atoms with Crippen molar-refractivity contribution < 1.29 is 0 Å². The van der Waals surface area contributed by atoms with Crippen molar-refractivity contribution in [1.82, 2.24) is 15.0 Å². The lowest BCUT2D eigenvalue weighted by atomic mass is 10.0. The first-order chi connectivity index (χ1) is 9.60. The van der Waals surface area contributed by atoms with E-state index in [1.807, 2.05) is 19.0 Å². The molecule has 0 unspecified atom stereocenters. The van der Waals surface area contributed by atoms with Crippen molar-refractivity contribution in [2.45, 2.75) is 40.0 Å². The standard InChI is InChI=1S/C14H28N6/c1-6-9-15-12-17-13(16-10-11(7-2)8-3)19-14(18-12)20(4)5/h11H,6-10H2,1-5H3,(H2,15,16,17,18,19). The first-order valence-electron chi connectivity index (χ1n) is 7.51. The average Bonchev–Trinajstić information content (AvgIpc) is 2.46. The topological polar surface area (TPSA) is 66.0 Å². The molecular weight excluding hydrogens is 252 g/mol. The summed E-state index contributed by atoms with van der Waals surface area (Å²) in [6, 6.07) is 0. The Morgan fingerprint density at radius 3 is 2.05 bits per heavy atom. The molecule has 0 aromatic carbocycles. The zero-order valence-corrected chi connectivity index (χ0v) is 13.4. The SMILES string of the molecule is CCCNc1nc(NCC(CC)CC)nc(N(C)C)n1. The van der Waals surface area contributed by atoms with Gasteiger partial charge in [-0.3, -0.25) is 0 Å². The smallest absolute Gasteiger partial charge is 0.231 e. The van der Waals surface area contributed by atoms with Crippen molar-refractivity contribution in [2.75, 3.05) is 42.7 Å². The van der Waals surface area contributed by atoms with Gasteiger partial charge in [-0.25, -0.2) is 0 Å². The van der Waals surface area contributed by atoms with Crippen LogP contribution in [0.25, 0.3) is 0 Å². The van der Waals surface area contributed by atoms with Gasteiger partial charge in [0.1, 0.15) is 0 Å². The predicted octanol–water partition coefficient (Wildman–Crippen LogP) is 2.61. The normalized spacial score (nSPS) is 10.7. The molecular formula is C14H28N6. The van der Waals surface area contributed by atoms with E-state index in [1.54, 1.807) is 0 Å². The van der Waals surface area contributed by atoms with Gasteiger partial charge in [0.05, 0.1) is 0 Å². The van der Waals surface area contributed by atoms with E-state index in [9.17, 15) is 0 Å². The second-order valence-electron chi connectivity index (χ2n) is 5.17. The summed E-state index contributed by atoms with van der Waals surface area (Å²) < 4.78 is 0. The molecule has 0 saturated heterocycles. The average molecular weight is 280 g/mol. The van der Waals surface area contributed by atoms with Crippen LogP contribution in [0.3, 0.4) is 0 Å². The lowest BCUT2D eigenvalue weighted by molar-refractivity contribution is 0.517. The monoisotopic (exact) mass is 280 g/mol. The van der Waals surface area contributed by atoms with Gasteiger partial charge in [0.15, 0.2) is 0 Å². The quantitative estimate of drug-likeness (QED) is 0.725. The highest BCUT2D eigenvalue weighted by molar-refractivity contribution is 5.42. The highest BCUT2D eigenvalue weighted by Crippen LogP contribution is 2.13. The molecule has 0 aliphatic rings. The zero-order chi connectivity index (χ0) is 15.0. The molecule has 0 atom stereocenters. The summed E-state index contributed by atoms with van der Waals surface area (Å²) in [5.74, 6) is 2.61. The summed E-state index contributed by atoms with van der Waals surface area (Å²) in [4.78, 5) is 15.1. The summed E-state index contributed by atoms with van der Waals surface area (Å²) in [6.45, 7) is 8.30. The summed E-state index contributed by atoms with van der Waals surface area (Å²) in [5, 5.41) is 6.55. The van der Waals surface area contributed by atoms with E-state index in [1.165, 1.54) is 0 Å². The van der Waals surface area contributed by atoms with Gasteiger partial charge in [-0.1, -0.05) is 33.6 Å². The summed E-state index contributed by atoms with van der Waals surface area (Å²) in [5.41, 5.74) is 0. The van der Waals surface area contributed by atoms with E-state index in [0.717, 1.165) is 32.4 Å². The van der Waals surface area contributed by atoms with Crippen LogP contribution in [0, 0.1) is 5.92 Å². The van der Waals surface area contributed by atoms with E-state index in [-0.39, 0.29) is 0 Å². The molecule has 20 heavy (non-hydrogen) atoms. The molecule has 0 aliphatic heterocycles. The zero-order valence-electron chi connectivity index (χ0n) is 13.4. The molecule has 0 saturated carbocycles. The Balaban J connectivity index is 2.79. The Labute approximate surface area is 122 Å². The molecule has 1 aromatic heterocycles. The van der Waals surface area contributed by atoms with Crippen molar-refractivity contribution in [2.24, 2.45) is 5.92 Å². The van der Waals surface area contributed by atoms with Crippen molar-refractivity contribution in [3.8, 4) is 0 Å². The fourth-order valence-electron chi connectivity index (χ4n) is 1.77. The molecule has 1 heterocycles. The summed E-state index contributed by atoms with van der Waals surface area (Å²) in [6.07, 6.45) is 3.37. The summed E-state index contributed by atoms with van der Waals surface area (Å²) in [7, 11) is 3.87. The maximum atomic E-state index is 4.43. The maximum Gasteiger partial charge on any atom is 0.231 e. The number of nitrogens with zero attached hydrogens (tertiary/aromatic N) is 4. The lowest BCUT2D eigenvalue weighted by Gasteiger charge is -2.16. The highest BCUT2D eigenvalue weighted by atomic mass is 15.3. The minimum atomic E-state index is 0.637. The van der Waals surface area contributed by atoms with Crippen LogP contribution in [0.15, 0.2) is 0 Å². The highest BCUT2D eigenvalue weighted by Gasteiger charge is 2.09. The molecule has 0 bridgehead atoms. The fourth-order valence-corrected chi connectivity index (χ4v) is 1.77. The van der Waals surface area contributed by atoms with Crippen LogP contribution in [0.5, 0.6) is 0 Å². The fraction of sp³-hybridized carbons (Fsp3) is 0.786. The number of anilines is 3. The third kappa shape index (κ3) is 5.19. The van der Waals surface area contributed by atoms with Gasteiger partial charge in [-0.05, 0) is 12.3 Å². The molecule has 0 radical (unpaired) electrons. The molecule has 6 heteroatoms. The van der Waals surface area contributed by atoms with Crippen LogP contribution < -0.4 is 15.5 Å². The van der Waals surface area contributed by atoms with Gasteiger partial charge >= 0.3 is 0 Å². The van der Waals surface area contributed by atoms with Crippen LogP contribution in [-0.4, -0.2) is 42.1 Å². The number of hydrogen-bond donors (Lipinski definition) is 2. The minimum Gasteiger partial charge on any atom is -0.354 e. The molecule has 114 valence electrons. The molecule has 0 amide bonds. The molecule has 0 aliphatic carbocycles. The van der Waals surface area contributed by atoms with E-state index >= 15 is 0 Å². The van der Waals surface area contributed by atoms with Crippen molar-refractivity contribution in [3.63, 3.8) is 0 Å². The Hall–Kier alpha value is -1.59. The third-order valence-corrected chi connectivity index (χ3v) is 3.26. The molecule has 6 nitrogen and oxygen atoms in total. The van der Waals surface area contributed by atoms with E-state index in [2.05, 4.69) is 46.4 Å². The van der Waals surface area contributed by atoms with Crippen LogP contribution in [0.1, 0.15) is 40.0 Å². The molecule has 0 fully saturated rings. The number of nitrogens with one attached hydrogen (secondary N) is 2. The van der Waals surface area contributed by atoms with Crippen molar-refractivity contribution >= 4 is 17.8 Å². The third-order valence-electron chi connectivity index (χ3n) is 3.26. The van der Waals surface area contributed by atoms with Crippen molar-refractivity contribution in [1.29, 1.82) is 0 Å². The lowest BCUT2D eigenvalue weighted by Crippen LogP contribution is -2.19. The molecule has 1 rings (SSSR count). The van der Waals surface area contributed by atoms with E-state index in [4.69, 9.17) is 0 Å². The predicted molar refractivity (Wildman–Crippen MR) is 85.5 cm³/mol. The molecule has 0 spiro atoms. The number of hydrogen-bond acceptors (Lipinski definition) is 6. The second kappa shape index (κ2) is 8.55. The van der Waals surface area contributed by atoms with Crippen LogP contribution in [0.4, 0.5) is 17.8 Å². The van der Waals surface area contributed by atoms with E-state index in [0.29, 0.717) is 23.8 Å². The van der Waals surface area contributed by atoms with Gasteiger partial charge in [-0.2, -0.15) is 15.0 Å². The Morgan fingerprint density at radius 1 is 0.950 bits per heavy atom. The second-order valence-corrected chi connectivity index (χ2v) is 5.17. The van der Waals surface area contributed by atoms with E-state index < -0.39 is 0 Å². The Bertz CT molecular complexity index is 389. The van der Waals surface area contributed by atoms with Gasteiger partial charge < -0.3 is 15.5 Å². The van der Waals surface area contributed by atoms with Gasteiger partial charge in [0, 0.05) is 27.2 Å². The first kappa shape index (κ1) is 16.5. The van der Waals surface area contributed by atoms with Gasteiger partial charge in [0.2, 0.25) is 17.8 Å². The number of rotatable bonds is 9. The minimum absolute atomic E-state index is 0.637. The van der Waals surface area contributed by atoms with Crippen LogP contribution in [-0.2, 0) is 0 Å². The Morgan fingerprint density at radius 2 is 1.55 bits per heavy atom. The largest absolute Gasteiger partial charge is 0.354 e. The van der Waals surface area contributed by atoms with Crippen LogP contribution >= 0.6 is 0 Å². The van der Waals surface area contributed by atoms with Crippen molar-refractivity contribution in [3.05, 3.63) is 0 Å². The Kier molecular flexibility index (Phi) is 7.04. The van der Waals surface area contributed by atoms with Crippen LogP contribution in [0.2, 0.25) is 0 Å². The van der Waals surface area contributed by atoms with Gasteiger partial charge in [0.25, 0.3) is 0 Å². The van der Waals surface area contributed by atoms with Gasteiger partial charge in [-0.15, -0.1) is 0 Å². The summed E-state index contributed by atoms with van der Waals surface area (Å²) >= 11 is 0. The first-order valence-corrected chi connectivity index (χ1v) is 7.51. The molecule has 1 aromatic rings. The molecule has 2 N–H and O–H groups in total. The number of aromatic nitrogens is 3. The maximum absolute atomic E-state index is 4.43.